The molecule has 0 heterocycles. The van der Waals surface area contributed by atoms with Gasteiger partial charge in [-0.1, -0.05) is 13.0 Å². The van der Waals surface area contributed by atoms with Crippen molar-refractivity contribution in [2.75, 3.05) is 0 Å². The van der Waals surface area contributed by atoms with Crippen LogP contribution in [-0.2, 0) is 9.22 Å². The topological polar surface area (TPSA) is 35.5 Å². The van der Waals surface area contributed by atoms with Crippen LogP contribution in [0.5, 0.6) is 5.75 Å². The van der Waals surface area contributed by atoms with E-state index in [0.29, 0.717) is 23.5 Å². The first-order chi connectivity index (χ1) is 13.4. The third kappa shape index (κ3) is 4.02. The molecule has 2 saturated carbocycles. The Bertz CT molecular complexity index is 807. The van der Waals surface area contributed by atoms with Crippen LogP contribution in [0, 0.1) is 17.3 Å². The number of fused-ring (bicyclic) bond motifs is 5. The van der Waals surface area contributed by atoms with Gasteiger partial charge in [-0.05, 0) is 106 Å². The van der Waals surface area contributed by atoms with E-state index in [1.54, 1.807) is 0 Å². The van der Waals surface area contributed by atoms with Crippen LogP contribution in [-0.4, -0.2) is 22.4 Å². The quantitative estimate of drug-likeness (QED) is 0.500. The fraction of sp³-hybridized carbons (Fsp3) is 0.708. The Morgan fingerprint density at radius 3 is 2.38 bits per heavy atom. The lowest BCUT2D eigenvalue weighted by molar-refractivity contribution is -0.129. The fourth-order valence-corrected chi connectivity index (χ4v) is 8.18. The minimum absolute atomic E-state index is 0.0940. The molecule has 3 aliphatic rings. The van der Waals surface area contributed by atoms with Crippen molar-refractivity contribution >= 4 is 22.4 Å². The molecule has 160 valence electrons. The second-order valence-electron chi connectivity index (χ2n) is 11.8. The van der Waals surface area contributed by atoms with Gasteiger partial charge in [-0.3, -0.25) is 4.79 Å². The highest BCUT2D eigenvalue weighted by atomic mass is 28.4. The van der Waals surface area contributed by atoms with Gasteiger partial charge in [-0.2, -0.15) is 0 Å². The van der Waals surface area contributed by atoms with E-state index in [4.69, 9.17) is 8.85 Å². The summed E-state index contributed by atoms with van der Waals surface area (Å²) >= 11 is 0. The van der Waals surface area contributed by atoms with Gasteiger partial charge in [-0.15, -0.1) is 0 Å². The molecule has 29 heavy (non-hydrogen) atoms. The van der Waals surface area contributed by atoms with Gasteiger partial charge in [0.15, 0.2) is 8.32 Å². The van der Waals surface area contributed by atoms with Gasteiger partial charge in [0.05, 0.1) is 6.10 Å². The number of Topliss-reactive ketones (excluding diaryl/α,β-unsaturated/α-hetero) is 1. The minimum atomic E-state index is -1.70. The van der Waals surface area contributed by atoms with Crippen molar-refractivity contribution in [1.82, 2.24) is 0 Å². The molecule has 5 atom stereocenters. The number of hydrogen-bond acceptors (Lipinski definition) is 3. The molecule has 2 fully saturated rings. The van der Waals surface area contributed by atoms with Gasteiger partial charge >= 0.3 is 0 Å². The Kier molecular flexibility index (Phi) is 5.19. The molecule has 1 aromatic carbocycles. The summed E-state index contributed by atoms with van der Waals surface area (Å²) in [5.74, 6) is 3.16. The van der Waals surface area contributed by atoms with Crippen LogP contribution in [0.2, 0.25) is 39.3 Å². The van der Waals surface area contributed by atoms with E-state index >= 15 is 0 Å². The van der Waals surface area contributed by atoms with Crippen LogP contribution >= 0.6 is 0 Å². The van der Waals surface area contributed by atoms with E-state index < -0.39 is 16.6 Å². The highest BCUT2D eigenvalue weighted by molar-refractivity contribution is 6.70. The van der Waals surface area contributed by atoms with E-state index in [9.17, 15) is 4.79 Å². The molecular formula is C24H38O3Si2. The average Bonchev–Trinajstić information content (AvgIpc) is 2.88. The zero-order valence-corrected chi connectivity index (χ0v) is 21.3. The second kappa shape index (κ2) is 7.06. The number of carbonyl (C=O) groups excluding carboxylic acids is 1. The van der Waals surface area contributed by atoms with Gasteiger partial charge in [0, 0.05) is 11.8 Å². The maximum absolute atomic E-state index is 12.7. The third-order valence-corrected chi connectivity index (χ3v) is 9.20. The maximum atomic E-state index is 12.7. The van der Waals surface area contributed by atoms with Gasteiger partial charge in [0.1, 0.15) is 11.5 Å². The van der Waals surface area contributed by atoms with Crippen LogP contribution in [0.25, 0.3) is 0 Å². The summed E-state index contributed by atoms with van der Waals surface area (Å²) in [6.07, 6.45) is 5.23. The largest absolute Gasteiger partial charge is 0.544 e. The van der Waals surface area contributed by atoms with Crippen molar-refractivity contribution in [2.45, 2.75) is 90.3 Å². The predicted molar refractivity (Wildman–Crippen MR) is 124 cm³/mol. The molecule has 4 rings (SSSR count). The molecule has 0 N–H and O–H groups in total. The van der Waals surface area contributed by atoms with Crippen LogP contribution < -0.4 is 4.43 Å². The van der Waals surface area contributed by atoms with Crippen molar-refractivity contribution in [3.05, 3.63) is 29.3 Å². The molecule has 1 unspecified atom stereocenters. The number of benzene rings is 1. The van der Waals surface area contributed by atoms with Crippen molar-refractivity contribution in [3.8, 4) is 5.75 Å². The molecule has 3 aliphatic carbocycles. The Morgan fingerprint density at radius 1 is 1.00 bits per heavy atom. The van der Waals surface area contributed by atoms with E-state index in [-0.39, 0.29) is 11.5 Å². The SMILES string of the molecule is C[C@]12CC[C@@H]3c4ccc(O[Si](C)(C)C)cc4C(O[Si](C)(C)C)C[C@H]3[C@@H]1CCC2=O. The van der Waals surface area contributed by atoms with Crippen molar-refractivity contribution in [3.63, 3.8) is 0 Å². The molecule has 0 amide bonds. The summed E-state index contributed by atoms with van der Waals surface area (Å²) in [6.45, 7) is 15.8. The lowest BCUT2D eigenvalue weighted by Gasteiger charge is -2.50. The minimum Gasteiger partial charge on any atom is -0.544 e. The maximum Gasteiger partial charge on any atom is 0.242 e. The molecule has 3 nitrogen and oxygen atoms in total. The predicted octanol–water partition coefficient (Wildman–Crippen LogP) is 6.68. The molecule has 0 saturated heterocycles. The zero-order valence-electron chi connectivity index (χ0n) is 19.3. The van der Waals surface area contributed by atoms with Gasteiger partial charge in [-0.25, -0.2) is 0 Å². The molecule has 0 aromatic heterocycles. The lowest BCUT2D eigenvalue weighted by atomic mass is 9.55. The molecule has 0 bridgehead atoms. The standard InChI is InChI=1S/C24H38O3Si2/c1-24-13-12-18-17-9-8-16(26-28(2,3)4)14-20(17)22(27-29(5,6)7)15-19(18)21(24)10-11-23(24)25/h8-9,14,18-19,21-22H,10-13,15H2,1-7H3/t18-,19-,21+,22?,24+/m1/s1. The summed E-state index contributed by atoms with van der Waals surface area (Å²) in [5, 5.41) is 0. The van der Waals surface area contributed by atoms with E-state index in [1.807, 2.05) is 0 Å². The number of ketones is 1. The monoisotopic (exact) mass is 430 g/mol. The fourth-order valence-electron chi connectivity index (χ4n) is 6.27. The average molecular weight is 431 g/mol. The summed E-state index contributed by atoms with van der Waals surface area (Å²) < 4.78 is 13.1. The van der Waals surface area contributed by atoms with Crippen molar-refractivity contribution < 1.29 is 13.6 Å². The van der Waals surface area contributed by atoms with Crippen LogP contribution in [0.3, 0.4) is 0 Å². The van der Waals surface area contributed by atoms with E-state index in [2.05, 4.69) is 64.4 Å². The zero-order chi connectivity index (χ0) is 21.2. The normalized spacial score (nSPS) is 34.4. The Hall–Kier alpha value is -0.916. The van der Waals surface area contributed by atoms with E-state index in [0.717, 1.165) is 37.9 Å². The molecule has 0 radical (unpaired) electrons. The summed E-state index contributed by atoms with van der Waals surface area (Å²) in [7, 11) is -3.35. The summed E-state index contributed by atoms with van der Waals surface area (Å²) in [6, 6.07) is 6.78. The first-order valence-electron chi connectivity index (χ1n) is 11.4. The Balaban J connectivity index is 1.73. The smallest absolute Gasteiger partial charge is 0.242 e. The third-order valence-electron chi connectivity index (χ3n) is 7.36. The van der Waals surface area contributed by atoms with Gasteiger partial charge in [0.2, 0.25) is 8.32 Å². The van der Waals surface area contributed by atoms with Crippen LogP contribution in [0.15, 0.2) is 18.2 Å². The number of rotatable bonds is 4. The second-order valence-corrected chi connectivity index (χ2v) is 20.6. The first-order valence-corrected chi connectivity index (χ1v) is 18.2. The Morgan fingerprint density at radius 2 is 1.72 bits per heavy atom. The summed E-state index contributed by atoms with van der Waals surface area (Å²) in [4.78, 5) is 12.7. The van der Waals surface area contributed by atoms with E-state index in [1.165, 1.54) is 11.1 Å². The molecule has 1 aromatic rings. The number of carbonyl (C=O) groups is 1. The Labute approximate surface area is 178 Å². The molecule has 5 heteroatoms. The lowest BCUT2D eigenvalue weighted by Crippen LogP contribution is -2.44. The van der Waals surface area contributed by atoms with Crippen LogP contribution in [0.1, 0.15) is 62.2 Å². The summed E-state index contributed by atoms with van der Waals surface area (Å²) in [5.41, 5.74) is 2.73. The van der Waals surface area contributed by atoms with Crippen molar-refractivity contribution in [1.29, 1.82) is 0 Å². The van der Waals surface area contributed by atoms with Gasteiger partial charge in [0.25, 0.3) is 0 Å². The van der Waals surface area contributed by atoms with Crippen LogP contribution in [0.4, 0.5) is 0 Å². The first kappa shape index (κ1) is 21.3. The van der Waals surface area contributed by atoms with Gasteiger partial charge < -0.3 is 8.85 Å². The molecule has 0 aliphatic heterocycles. The highest BCUT2D eigenvalue weighted by Gasteiger charge is 2.55. The molecular weight excluding hydrogens is 392 g/mol. The molecule has 0 spiro atoms. The number of hydrogen-bond donors (Lipinski definition) is 0. The van der Waals surface area contributed by atoms with Crippen molar-refractivity contribution in [2.24, 2.45) is 17.3 Å². The highest BCUT2D eigenvalue weighted by Crippen LogP contribution is 2.61.